The average molecular weight is 533 g/mol. The summed E-state index contributed by atoms with van der Waals surface area (Å²) in [5.74, 6) is -0.420. The molecule has 0 saturated carbocycles. The molecule has 29 heavy (non-hydrogen) atoms. The Morgan fingerprint density at radius 1 is 1.03 bits per heavy atom. The van der Waals surface area contributed by atoms with Crippen LogP contribution in [0.2, 0.25) is 0 Å². The molecule has 0 fully saturated rings. The molecule has 1 aromatic heterocycles. The summed E-state index contributed by atoms with van der Waals surface area (Å²) in [4.78, 5) is 16.9. The Morgan fingerprint density at radius 2 is 1.72 bits per heavy atom. The molecule has 1 amide bonds. The molecule has 3 rings (SSSR count). The lowest BCUT2D eigenvalue weighted by Gasteiger charge is -2.28. The second kappa shape index (κ2) is 9.45. The molecular formula is C19H14BrCl3N4OS. The van der Waals surface area contributed by atoms with Crippen molar-refractivity contribution in [2.45, 2.75) is 9.96 Å². The fourth-order valence-electron chi connectivity index (χ4n) is 2.51. The number of amides is 1. The molecule has 0 radical (unpaired) electrons. The highest BCUT2D eigenvalue weighted by molar-refractivity contribution is 9.10. The fraction of sp³-hybridized carbons (Fsp3) is 0.105. The summed E-state index contributed by atoms with van der Waals surface area (Å²) in [5.41, 5.74) is 1.83. The lowest BCUT2D eigenvalue weighted by atomic mass is 10.2. The number of anilines is 1. The first-order chi connectivity index (χ1) is 13.7. The van der Waals surface area contributed by atoms with Crippen molar-refractivity contribution >= 4 is 90.6 Å². The highest BCUT2D eigenvalue weighted by atomic mass is 79.9. The zero-order valence-electron chi connectivity index (χ0n) is 14.6. The minimum atomic E-state index is -1.85. The average Bonchev–Trinajstić information content (AvgIpc) is 2.67. The number of para-hydroxylation sites is 1. The molecule has 3 N–H and O–H groups in total. The van der Waals surface area contributed by atoms with Crippen molar-refractivity contribution in [3.05, 3.63) is 70.8 Å². The van der Waals surface area contributed by atoms with Crippen molar-refractivity contribution in [3.8, 4) is 0 Å². The summed E-state index contributed by atoms with van der Waals surface area (Å²) in [6.45, 7) is 0. The van der Waals surface area contributed by atoms with Gasteiger partial charge in [0.25, 0.3) is 5.91 Å². The number of nitrogens with one attached hydrogen (secondary N) is 3. The Balaban J connectivity index is 1.73. The van der Waals surface area contributed by atoms with Crippen LogP contribution in [-0.4, -0.2) is 26.0 Å². The van der Waals surface area contributed by atoms with Crippen molar-refractivity contribution < 1.29 is 4.79 Å². The van der Waals surface area contributed by atoms with Crippen LogP contribution in [0.3, 0.4) is 0 Å². The van der Waals surface area contributed by atoms with Crippen molar-refractivity contribution in [1.82, 2.24) is 15.6 Å². The molecule has 1 atom stereocenters. The molecule has 10 heteroatoms. The van der Waals surface area contributed by atoms with Crippen LogP contribution in [0.5, 0.6) is 0 Å². The summed E-state index contributed by atoms with van der Waals surface area (Å²) in [7, 11) is 0. The highest BCUT2D eigenvalue weighted by Gasteiger charge is 2.35. The van der Waals surface area contributed by atoms with E-state index in [1.54, 1.807) is 30.5 Å². The molecular weight excluding hydrogens is 519 g/mol. The third kappa shape index (κ3) is 5.93. The maximum atomic E-state index is 12.5. The minimum absolute atomic E-state index is 0.163. The van der Waals surface area contributed by atoms with Gasteiger partial charge in [-0.15, -0.1) is 0 Å². The second-order valence-electron chi connectivity index (χ2n) is 5.93. The van der Waals surface area contributed by atoms with Crippen LogP contribution in [0.15, 0.2) is 65.3 Å². The van der Waals surface area contributed by atoms with E-state index in [1.807, 2.05) is 30.3 Å². The van der Waals surface area contributed by atoms with Crippen LogP contribution in [0.25, 0.3) is 10.9 Å². The Kier molecular flexibility index (Phi) is 7.19. The quantitative estimate of drug-likeness (QED) is 0.238. The predicted molar refractivity (Wildman–Crippen MR) is 127 cm³/mol. The Hall–Kier alpha value is -1.64. The molecule has 0 saturated heterocycles. The van der Waals surface area contributed by atoms with Crippen LogP contribution < -0.4 is 16.0 Å². The van der Waals surface area contributed by atoms with Gasteiger partial charge in [0.15, 0.2) is 5.11 Å². The molecule has 2 aromatic carbocycles. The van der Waals surface area contributed by atoms with E-state index in [9.17, 15) is 4.79 Å². The van der Waals surface area contributed by atoms with Crippen LogP contribution in [-0.2, 0) is 0 Å². The van der Waals surface area contributed by atoms with Crippen molar-refractivity contribution in [2.75, 3.05) is 5.32 Å². The summed E-state index contributed by atoms with van der Waals surface area (Å²) < 4.78 is -1.01. The molecule has 5 nitrogen and oxygen atoms in total. The number of aromatic nitrogens is 1. The molecule has 150 valence electrons. The van der Waals surface area contributed by atoms with Gasteiger partial charge in [0.2, 0.25) is 3.79 Å². The van der Waals surface area contributed by atoms with Gasteiger partial charge in [0.1, 0.15) is 6.17 Å². The number of carbonyl (C=O) groups is 1. The highest BCUT2D eigenvalue weighted by Crippen LogP contribution is 2.29. The Labute approximate surface area is 196 Å². The van der Waals surface area contributed by atoms with E-state index in [2.05, 4.69) is 36.9 Å². The van der Waals surface area contributed by atoms with Crippen LogP contribution in [0.1, 0.15) is 10.4 Å². The molecule has 0 bridgehead atoms. The lowest BCUT2D eigenvalue weighted by molar-refractivity contribution is 0.0934. The van der Waals surface area contributed by atoms with Crippen molar-refractivity contribution in [1.29, 1.82) is 0 Å². The smallest absolute Gasteiger partial charge is 0.252 e. The number of benzene rings is 2. The SMILES string of the molecule is O=C(N[C@H](NC(=S)Nc1cccc2cccnc12)C(Cl)(Cl)Cl)c1ccc(Br)cc1. The van der Waals surface area contributed by atoms with E-state index in [4.69, 9.17) is 47.0 Å². The van der Waals surface area contributed by atoms with E-state index < -0.39 is 15.9 Å². The molecule has 3 aromatic rings. The number of carbonyl (C=O) groups excluding carboxylic acids is 1. The van der Waals surface area contributed by atoms with Gasteiger partial charge in [-0.05, 0) is 48.6 Å². The molecule has 0 spiro atoms. The number of hydrogen-bond donors (Lipinski definition) is 3. The van der Waals surface area contributed by atoms with Crippen LogP contribution in [0, 0.1) is 0 Å². The monoisotopic (exact) mass is 530 g/mol. The third-order valence-electron chi connectivity index (χ3n) is 3.87. The number of halogens is 4. The number of pyridine rings is 1. The van der Waals surface area contributed by atoms with Crippen LogP contribution >= 0.6 is 63.0 Å². The van der Waals surface area contributed by atoms with Gasteiger partial charge in [-0.25, -0.2) is 0 Å². The van der Waals surface area contributed by atoms with Gasteiger partial charge in [0.05, 0.1) is 11.2 Å². The molecule has 0 unspecified atom stereocenters. The van der Waals surface area contributed by atoms with E-state index in [0.29, 0.717) is 11.3 Å². The first-order valence-corrected chi connectivity index (χ1v) is 10.6. The van der Waals surface area contributed by atoms with E-state index in [0.717, 1.165) is 15.4 Å². The number of fused-ring (bicyclic) bond motifs is 1. The van der Waals surface area contributed by atoms with Crippen molar-refractivity contribution in [2.24, 2.45) is 0 Å². The fourth-order valence-corrected chi connectivity index (χ4v) is 3.33. The summed E-state index contributed by atoms with van der Waals surface area (Å²) >= 11 is 26.8. The van der Waals surface area contributed by atoms with E-state index in [-0.39, 0.29) is 5.11 Å². The molecule has 0 aliphatic carbocycles. The summed E-state index contributed by atoms with van der Waals surface area (Å²) in [5, 5.41) is 9.62. The Bertz CT molecular complexity index is 1040. The second-order valence-corrected chi connectivity index (χ2v) is 9.63. The standard InChI is InChI=1S/C19H14BrCl3N4OS/c20-13-8-6-12(7-9-13)16(28)26-17(19(21,22)23)27-18(29)25-14-5-1-3-11-4-2-10-24-15(11)14/h1-10,17H,(H,26,28)(H2,25,27,29)/t17-/m1/s1. The normalized spacial score (nSPS) is 12.3. The molecule has 0 aliphatic rings. The number of thiocarbonyl (C=S) groups is 1. The third-order valence-corrected chi connectivity index (χ3v) is 5.27. The Morgan fingerprint density at radius 3 is 2.41 bits per heavy atom. The van der Waals surface area contributed by atoms with Gasteiger partial charge in [0, 0.05) is 21.6 Å². The number of nitrogens with zero attached hydrogens (tertiary/aromatic N) is 1. The summed E-state index contributed by atoms with van der Waals surface area (Å²) in [6.07, 6.45) is 0.610. The van der Waals surface area contributed by atoms with Gasteiger partial charge >= 0.3 is 0 Å². The van der Waals surface area contributed by atoms with Gasteiger partial charge < -0.3 is 16.0 Å². The van der Waals surface area contributed by atoms with Crippen molar-refractivity contribution in [3.63, 3.8) is 0 Å². The predicted octanol–water partition coefficient (Wildman–Crippen LogP) is 5.41. The lowest BCUT2D eigenvalue weighted by Crippen LogP contribution is -2.56. The topological polar surface area (TPSA) is 66.1 Å². The largest absolute Gasteiger partial charge is 0.339 e. The first kappa shape index (κ1) is 22.1. The molecule has 0 aliphatic heterocycles. The number of alkyl halides is 3. The van der Waals surface area contributed by atoms with Gasteiger partial charge in [-0.2, -0.15) is 0 Å². The maximum Gasteiger partial charge on any atom is 0.252 e. The summed E-state index contributed by atoms with van der Waals surface area (Å²) in [6, 6.07) is 16.2. The molecule has 1 heterocycles. The minimum Gasteiger partial charge on any atom is -0.339 e. The van der Waals surface area contributed by atoms with E-state index in [1.165, 1.54) is 0 Å². The first-order valence-electron chi connectivity index (χ1n) is 8.28. The number of rotatable bonds is 4. The zero-order valence-corrected chi connectivity index (χ0v) is 19.3. The van der Waals surface area contributed by atoms with E-state index >= 15 is 0 Å². The zero-order chi connectivity index (χ0) is 21.0. The number of hydrogen-bond acceptors (Lipinski definition) is 3. The van der Waals surface area contributed by atoms with Crippen LogP contribution in [0.4, 0.5) is 5.69 Å². The van der Waals surface area contributed by atoms with Gasteiger partial charge in [-0.3, -0.25) is 9.78 Å². The van der Waals surface area contributed by atoms with Gasteiger partial charge in [-0.1, -0.05) is 68.9 Å². The maximum absolute atomic E-state index is 12.5.